The molecule has 0 fully saturated rings. The summed E-state index contributed by atoms with van der Waals surface area (Å²) in [6, 6.07) is 47.2. The predicted molar refractivity (Wildman–Crippen MR) is 167 cm³/mol. The molecule has 0 spiro atoms. The Labute approximate surface area is 228 Å². The summed E-state index contributed by atoms with van der Waals surface area (Å²) in [6.07, 6.45) is 3.28. The van der Waals surface area contributed by atoms with E-state index in [0.29, 0.717) is 0 Å². The second-order valence-corrected chi connectivity index (χ2v) is 9.34. The molecule has 186 valence electrons. The largest absolute Gasteiger partial charge is 0.292 e. The van der Waals surface area contributed by atoms with Gasteiger partial charge in [-0.15, -0.1) is 0 Å². The highest BCUT2D eigenvalue weighted by Crippen LogP contribution is 2.37. The molecule has 0 N–H and O–H groups in total. The standard InChI is InChI=1S/C33H22N2.C4H6/c1-3-11-23(12-4-1)33-34-31-22-25(19-20-32(31)35(33)26-14-5-2-6-15-26)30-21-24-13-7-8-16-27(24)28-17-9-10-18-29(28)30;1-3-4-2/h1-22H;3-4H,1-2H2. The first-order valence-corrected chi connectivity index (χ1v) is 13.1. The normalized spacial score (nSPS) is 10.8. The van der Waals surface area contributed by atoms with Crippen molar-refractivity contribution in [1.82, 2.24) is 9.55 Å². The Balaban J connectivity index is 0.000000650. The van der Waals surface area contributed by atoms with Crippen LogP contribution in [-0.4, -0.2) is 9.55 Å². The van der Waals surface area contributed by atoms with Crippen LogP contribution in [0.5, 0.6) is 0 Å². The maximum atomic E-state index is 5.15. The maximum absolute atomic E-state index is 5.15. The van der Waals surface area contributed by atoms with Crippen LogP contribution in [0.1, 0.15) is 0 Å². The summed E-state index contributed by atoms with van der Waals surface area (Å²) >= 11 is 0. The highest BCUT2D eigenvalue weighted by molar-refractivity contribution is 6.14. The first-order chi connectivity index (χ1) is 19.3. The van der Waals surface area contributed by atoms with E-state index in [-0.39, 0.29) is 0 Å². The molecule has 0 amide bonds. The SMILES string of the molecule is C=CC=C.c1ccc(-c2nc3cc(-c4cc5ccccc5c5ccccc45)ccc3n2-c2ccccc2)cc1. The van der Waals surface area contributed by atoms with Gasteiger partial charge in [0.25, 0.3) is 0 Å². The lowest BCUT2D eigenvalue weighted by atomic mass is 9.93. The Morgan fingerprint density at radius 1 is 0.538 bits per heavy atom. The van der Waals surface area contributed by atoms with Gasteiger partial charge in [0, 0.05) is 11.3 Å². The van der Waals surface area contributed by atoms with E-state index < -0.39 is 0 Å². The number of nitrogens with zero attached hydrogens (tertiary/aromatic N) is 2. The molecule has 0 aliphatic heterocycles. The van der Waals surface area contributed by atoms with Gasteiger partial charge in [0.05, 0.1) is 11.0 Å². The fourth-order valence-electron chi connectivity index (χ4n) is 5.16. The number of para-hydroxylation sites is 1. The van der Waals surface area contributed by atoms with Crippen molar-refractivity contribution < 1.29 is 0 Å². The minimum Gasteiger partial charge on any atom is -0.292 e. The van der Waals surface area contributed by atoms with Gasteiger partial charge >= 0.3 is 0 Å². The Morgan fingerprint density at radius 2 is 1.15 bits per heavy atom. The summed E-state index contributed by atoms with van der Waals surface area (Å²) in [5.41, 5.74) is 6.71. The summed E-state index contributed by atoms with van der Waals surface area (Å²) in [7, 11) is 0. The molecule has 0 aliphatic rings. The number of fused-ring (bicyclic) bond motifs is 4. The van der Waals surface area contributed by atoms with Gasteiger partial charge in [-0.2, -0.15) is 0 Å². The number of benzene rings is 6. The molecule has 0 atom stereocenters. The van der Waals surface area contributed by atoms with Crippen LogP contribution in [0.25, 0.3) is 60.8 Å². The number of allylic oxidation sites excluding steroid dienone is 2. The predicted octanol–water partition coefficient (Wildman–Crippen LogP) is 10.0. The summed E-state index contributed by atoms with van der Waals surface area (Å²) in [6.45, 7) is 6.72. The third kappa shape index (κ3) is 4.54. The highest BCUT2D eigenvalue weighted by atomic mass is 15.1. The first-order valence-electron chi connectivity index (χ1n) is 13.1. The van der Waals surface area contributed by atoms with Crippen LogP contribution in [-0.2, 0) is 0 Å². The van der Waals surface area contributed by atoms with Gasteiger partial charge in [0.1, 0.15) is 5.82 Å². The molecule has 2 nitrogen and oxygen atoms in total. The molecule has 1 heterocycles. The number of hydrogen-bond donors (Lipinski definition) is 0. The molecular formula is C37H28N2. The van der Waals surface area contributed by atoms with E-state index in [2.05, 4.69) is 139 Å². The van der Waals surface area contributed by atoms with Gasteiger partial charge in [-0.1, -0.05) is 128 Å². The molecule has 0 unspecified atom stereocenters. The van der Waals surface area contributed by atoms with Gasteiger partial charge in [0.15, 0.2) is 0 Å². The summed E-state index contributed by atoms with van der Waals surface area (Å²) in [5, 5.41) is 5.07. The number of aromatic nitrogens is 2. The van der Waals surface area contributed by atoms with Crippen molar-refractivity contribution >= 4 is 32.6 Å². The van der Waals surface area contributed by atoms with Crippen LogP contribution >= 0.6 is 0 Å². The van der Waals surface area contributed by atoms with Crippen molar-refractivity contribution in [2.75, 3.05) is 0 Å². The van der Waals surface area contributed by atoms with Crippen molar-refractivity contribution in [3.05, 3.63) is 159 Å². The van der Waals surface area contributed by atoms with Crippen molar-refractivity contribution in [3.8, 4) is 28.2 Å². The molecule has 1 aromatic heterocycles. The summed E-state index contributed by atoms with van der Waals surface area (Å²) in [4.78, 5) is 5.15. The lowest BCUT2D eigenvalue weighted by Gasteiger charge is -2.12. The van der Waals surface area contributed by atoms with Gasteiger partial charge in [-0.25, -0.2) is 4.98 Å². The molecule has 0 saturated carbocycles. The fraction of sp³-hybridized carbons (Fsp3) is 0. The zero-order valence-corrected chi connectivity index (χ0v) is 21.7. The van der Waals surface area contributed by atoms with Gasteiger partial charge in [-0.05, 0) is 63.0 Å². The molecule has 6 aromatic carbocycles. The zero-order valence-electron chi connectivity index (χ0n) is 21.7. The van der Waals surface area contributed by atoms with Crippen molar-refractivity contribution in [2.45, 2.75) is 0 Å². The second kappa shape index (κ2) is 10.6. The molecule has 2 heteroatoms. The minimum absolute atomic E-state index is 0.951. The van der Waals surface area contributed by atoms with E-state index in [1.54, 1.807) is 12.2 Å². The first kappa shape index (κ1) is 24.1. The van der Waals surface area contributed by atoms with Crippen LogP contribution in [0.15, 0.2) is 159 Å². The van der Waals surface area contributed by atoms with Crippen LogP contribution in [0.3, 0.4) is 0 Å². The van der Waals surface area contributed by atoms with Crippen LogP contribution in [0.4, 0.5) is 0 Å². The molecule has 0 saturated heterocycles. The topological polar surface area (TPSA) is 17.8 Å². The Kier molecular flexibility index (Phi) is 6.59. The third-order valence-corrected chi connectivity index (χ3v) is 6.95. The molecule has 39 heavy (non-hydrogen) atoms. The lowest BCUT2D eigenvalue weighted by Crippen LogP contribution is -1.97. The van der Waals surface area contributed by atoms with Crippen LogP contribution < -0.4 is 0 Å². The third-order valence-electron chi connectivity index (χ3n) is 6.95. The molecule has 0 radical (unpaired) electrons. The van der Waals surface area contributed by atoms with Crippen LogP contribution in [0, 0.1) is 0 Å². The molecular weight excluding hydrogens is 472 g/mol. The zero-order chi connectivity index (χ0) is 26.6. The maximum Gasteiger partial charge on any atom is 0.145 e. The average Bonchev–Trinajstić information content (AvgIpc) is 3.40. The van der Waals surface area contributed by atoms with Crippen molar-refractivity contribution in [2.24, 2.45) is 0 Å². The van der Waals surface area contributed by atoms with Gasteiger partial charge in [-0.3, -0.25) is 4.57 Å². The highest BCUT2D eigenvalue weighted by Gasteiger charge is 2.16. The monoisotopic (exact) mass is 500 g/mol. The van der Waals surface area contributed by atoms with Crippen molar-refractivity contribution in [1.29, 1.82) is 0 Å². The minimum atomic E-state index is 0.951. The quantitative estimate of drug-likeness (QED) is 0.174. The van der Waals surface area contributed by atoms with E-state index in [0.717, 1.165) is 28.1 Å². The average molecular weight is 501 g/mol. The number of hydrogen-bond acceptors (Lipinski definition) is 1. The Bertz CT molecular complexity index is 1920. The van der Waals surface area contributed by atoms with E-state index in [1.807, 2.05) is 12.1 Å². The molecule has 7 aromatic rings. The summed E-state index contributed by atoms with van der Waals surface area (Å²) in [5.74, 6) is 0.951. The van der Waals surface area contributed by atoms with Crippen LogP contribution in [0.2, 0.25) is 0 Å². The van der Waals surface area contributed by atoms with E-state index in [4.69, 9.17) is 4.98 Å². The fourth-order valence-corrected chi connectivity index (χ4v) is 5.16. The summed E-state index contributed by atoms with van der Waals surface area (Å²) < 4.78 is 2.26. The van der Waals surface area contributed by atoms with E-state index in [1.165, 1.54) is 32.7 Å². The van der Waals surface area contributed by atoms with Gasteiger partial charge < -0.3 is 0 Å². The molecule has 0 aliphatic carbocycles. The number of imidazole rings is 1. The lowest BCUT2D eigenvalue weighted by molar-refractivity contribution is 1.10. The molecule has 7 rings (SSSR count). The number of rotatable bonds is 4. The Hall–Kier alpha value is -5.21. The molecule has 0 bridgehead atoms. The van der Waals surface area contributed by atoms with Gasteiger partial charge in [0.2, 0.25) is 0 Å². The Morgan fingerprint density at radius 3 is 1.87 bits per heavy atom. The van der Waals surface area contributed by atoms with E-state index in [9.17, 15) is 0 Å². The smallest absolute Gasteiger partial charge is 0.145 e. The van der Waals surface area contributed by atoms with Crippen molar-refractivity contribution in [3.63, 3.8) is 0 Å². The second-order valence-electron chi connectivity index (χ2n) is 9.34. The van der Waals surface area contributed by atoms with E-state index >= 15 is 0 Å².